The number of aromatic amines is 1. The lowest BCUT2D eigenvalue weighted by atomic mass is 9.98. The summed E-state index contributed by atoms with van der Waals surface area (Å²) >= 11 is 0. The fraction of sp³-hybridized carbons (Fsp3) is 0.333. The maximum Gasteiger partial charge on any atom is 0.275 e. The molecule has 0 bridgehead atoms. The summed E-state index contributed by atoms with van der Waals surface area (Å²) in [5.41, 5.74) is 2.63. The number of rotatable bonds is 4. The zero-order valence-corrected chi connectivity index (χ0v) is 14.9. The summed E-state index contributed by atoms with van der Waals surface area (Å²) < 4.78 is 5.93. The SMILES string of the molecule is Cc1ccc(OC[C@@H]2CCCN(C(=O)c3n[nH]c4ccccc34)C2)cc1. The molecule has 1 fully saturated rings. The van der Waals surface area contributed by atoms with Crippen molar-refractivity contribution in [1.82, 2.24) is 15.1 Å². The molecule has 26 heavy (non-hydrogen) atoms. The first kappa shape index (κ1) is 16.6. The summed E-state index contributed by atoms with van der Waals surface area (Å²) in [7, 11) is 0. The van der Waals surface area contributed by atoms with Gasteiger partial charge >= 0.3 is 0 Å². The molecule has 5 nitrogen and oxygen atoms in total. The monoisotopic (exact) mass is 349 g/mol. The molecule has 2 aromatic carbocycles. The second-order valence-electron chi connectivity index (χ2n) is 7.00. The van der Waals surface area contributed by atoms with Crippen LogP contribution in [0, 0.1) is 12.8 Å². The third-order valence-electron chi connectivity index (χ3n) is 4.99. The first-order chi connectivity index (χ1) is 12.7. The summed E-state index contributed by atoms with van der Waals surface area (Å²) in [5.74, 6) is 1.24. The zero-order valence-electron chi connectivity index (χ0n) is 14.9. The van der Waals surface area contributed by atoms with Gasteiger partial charge in [0, 0.05) is 24.4 Å². The average Bonchev–Trinajstić information content (AvgIpc) is 3.11. The van der Waals surface area contributed by atoms with Gasteiger partial charge in [-0.3, -0.25) is 9.89 Å². The van der Waals surface area contributed by atoms with Crippen LogP contribution in [0.25, 0.3) is 10.9 Å². The van der Waals surface area contributed by atoms with E-state index in [0.29, 0.717) is 24.8 Å². The normalized spacial score (nSPS) is 17.4. The lowest BCUT2D eigenvalue weighted by molar-refractivity contribution is 0.0629. The minimum absolute atomic E-state index is 0.00230. The number of hydrogen-bond acceptors (Lipinski definition) is 3. The third-order valence-corrected chi connectivity index (χ3v) is 4.99. The van der Waals surface area contributed by atoms with E-state index in [9.17, 15) is 4.79 Å². The highest BCUT2D eigenvalue weighted by Crippen LogP contribution is 2.23. The molecule has 4 rings (SSSR count). The minimum atomic E-state index is 0.00230. The Morgan fingerprint density at radius 3 is 2.88 bits per heavy atom. The van der Waals surface area contributed by atoms with Crippen LogP contribution in [0.15, 0.2) is 48.5 Å². The van der Waals surface area contributed by atoms with Crippen LogP contribution >= 0.6 is 0 Å². The molecule has 0 unspecified atom stereocenters. The second-order valence-corrected chi connectivity index (χ2v) is 7.00. The van der Waals surface area contributed by atoms with Crippen molar-refractivity contribution in [1.29, 1.82) is 0 Å². The van der Waals surface area contributed by atoms with Crippen LogP contribution in [-0.4, -0.2) is 40.7 Å². The molecular formula is C21H23N3O2. The largest absolute Gasteiger partial charge is 0.493 e. The summed E-state index contributed by atoms with van der Waals surface area (Å²) in [6, 6.07) is 15.8. The minimum Gasteiger partial charge on any atom is -0.493 e. The molecule has 1 amide bonds. The molecule has 0 radical (unpaired) electrons. The number of piperidine rings is 1. The van der Waals surface area contributed by atoms with E-state index in [1.165, 1.54) is 5.56 Å². The molecule has 1 atom stereocenters. The van der Waals surface area contributed by atoms with Crippen LogP contribution in [0.5, 0.6) is 5.75 Å². The lowest BCUT2D eigenvalue weighted by Crippen LogP contribution is -2.41. The van der Waals surface area contributed by atoms with Gasteiger partial charge in [0.15, 0.2) is 5.69 Å². The van der Waals surface area contributed by atoms with Gasteiger partial charge in [-0.1, -0.05) is 35.9 Å². The second kappa shape index (κ2) is 7.20. The predicted octanol–water partition coefficient (Wildman–Crippen LogP) is 3.80. The van der Waals surface area contributed by atoms with E-state index in [-0.39, 0.29) is 5.91 Å². The number of para-hydroxylation sites is 1. The van der Waals surface area contributed by atoms with E-state index >= 15 is 0 Å². The number of H-pyrrole nitrogens is 1. The van der Waals surface area contributed by atoms with Gasteiger partial charge in [-0.2, -0.15) is 5.10 Å². The van der Waals surface area contributed by atoms with Gasteiger partial charge in [0.25, 0.3) is 5.91 Å². The molecule has 1 N–H and O–H groups in total. The Bertz CT molecular complexity index is 901. The van der Waals surface area contributed by atoms with Crippen molar-refractivity contribution in [2.75, 3.05) is 19.7 Å². The van der Waals surface area contributed by atoms with Crippen LogP contribution in [-0.2, 0) is 0 Å². The van der Waals surface area contributed by atoms with Gasteiger partial charge in [0.1, 0.15) is 5.75 Å². The Hall–Kier alpha value is -2.82. The zero-order chi connectivity index (χ0) is 17.9. The highest BCUT2D eigenvalue weighted by atomic mass is 16.5. The van der Waals surface area contributed by atoms with Gasteiger partial charge in [0.05, 0.1) is 12.1 Å². The van der Waals surface area contributed by atoms with Crippen molar-refractivity contribution in [3.05, 3.63) is 59.8 Å². The quantitative estimate of drug-likeness (QED) is 0.779. The molecule has 3 aromatic rings. The molecule has 1 aliphatic rings. The molecule has 1 aliphatic heterocycles. The maximum absolute atomic E-state index is 12.9. The van der Waals surface area contributed by atoms with E-state index in [0.717, 1.165) is 36.0 Å². The highest BCUT2D eigenvalue weighted by molar-refractivity contribution is 6.04. The molecule has 134 valence electrons. The summed E-state index contributed by atoms with van der Waals surface area (Å²) in [5, 5.41) is 8.08. The predicted molar refractivity (Wildman–Crippen MR) is 101 cm³/mol. The first-order valence-electron chi connectivity index (χ1n) is 9.12. The summed E-state index contributed by atoms with van der Waals surface area (Å²) in [6.45, 7) is 4.19. The van der Waals surface area contributed by atoms with E-state index in [1.54, 1.807) is 0 Å². The van der Waals surface area contributed by atoms with E-state index < -0.39 is 0 Å². The number of benzene rings is 2. The van der Waals surface area contributed by atoms with Crippen LogP contribution in [0.4, 0.5) is 0 Å². The van der Waals surface area contributed by atoms with Crippen molar-refractivity contribution < 1.29 is 9.53 Å². The number of carbonyl (C=O) groups excluding carboxylic acids is 1. The van der Waals surface area contributed by atoms with Crippen molar-refractivity contribution in [3.8, 4) is 5.75 Å². The number of aromatic nitrogens is 2. The number of aryl methyl sites for hydroxylation is 1. The number of likely N-dealkylation sites (tertiary alicyclic amines) is 1. The molecule has 0 saturated carbocycles. The van der Waals surface area contributed by atoms with Crippen molar-refractivity contribution >= 4 is 16.8 Å². The van der Waals surface area contributed by atoms with Crippen molar-refractivity contribution in [2.24, 2.45) is 5.92 Å². The topological polar surface area (TPSA) is 58.2 Å². The molecular weight excluding hydrogens is 326 g/mol. The van der Waals surface area contributed by atoms with Gasteiger partial charge in [-0.05, 0) is 38.0 Å². The molecule has 5 heteroatoms. The average molecular weight is 349 g/mol. The smallest absolute Gasteiger partial charge is 0.275 e. The van der Waals surface area contributed by atoms with E-state index in [4.69, 9.17) is 4.74 Å². The Morgan fingerprint density at radius 2 is 2.04 bits per heavy atom. The van der Waals surface area contributed by atoms with Crippen LogP contribution in [0.3, 0.4) is 0 Å². The fourth-order valence-corrected chi connectivity index (χ4v) is 3.51. The van der Waals surface area contributed by atoms with Crippen molar-refractivity contribution in [3.63, 3.8) is 0 Å². The fourth-order valence-electron chi connectivity index (χ4n) is 3.51. The maximum atomic E-state index is 12.9. The molecule has 1 aromatic heterocycles. The Kier molecular flexibility index (Phi) is 4.61. The number of nitrogens with zero attached hydrogens (tertiary/aromatic N) is 2. The number of nitrogens with one attached hydrogen (secondary N) is 1. The van der Waals surface area contributed by atoms with Crippen LogP contribution in [0.2, 0.25) is 0 Å². The summed E-state index contributed by atoms with van der Waals surface area (Å²) in [4.78, 5) is 14.8. The first-order valence-corrected chi connectivity index (χ1v) is 9.12. The number of ether oxygens (including phenoxy) is 1. The number of carbonyl (C=O) groups is 1. The Morgan fingerprint density at radius 1 is 1.23 bits per heavy atom. The Balaban J connectivity index is 1.41. The molecule has 1 saturated heterocycles. The van der Waals surface area contributed by atoms with Gasteiger partial charge in [0.2, 0.25) is 0 Å². The van der Waals surface area contributed by atoms with Crippen molar-refractivity contribution in [2.45, 2.75) is 19.8 Å². The molecule has 0 aliphatic carbocycles. The van der Waals surface area contributed by atoms with E-state index in [1.807, 2.05) is 41.3 Å². The number of amides is 1. The van der Waals surface area contributed by atoms with E-state index in [2.05, 4.69) is 29.3 Å². The van der Waals surface area contributed by atoms with Gasteiger partial charge < -0.3 is 9.64 Å². The molecule has 2 heterocycles. The van der Waals surface area contributed by atoms with Gasteiger partial charge in [-0.15, -0.1) is 0 Å². The van der Waals surface area contributed by atoms with Gasteiger partial charge in [-0.25, -0.2) is 0 Å². The highest BCUT2D eigenvalue weighted by Gasteiger charge is 2.27. The van der Waals surface area contributed by atoms with Crippen LogP contribution < -0.4 is 4.74 Å². The Labute approximate surface area is 153 Å². The number of hydrogen-bond donors (Lipinski definition) is 1. The lowest BCUT2D eigenvalue weighted by Gasteiger charge is -2.32. The summed E-state index contributed by atoms with van der Waals surface area (Å²) in [6.07, 6.45) is 2.08. The third kappa shape index (κ3) is 3.43. The standard InChI is InChI=1S/C21H23N3O2/c1-15-8-10-17(11-9-15)26-14-16-5-4-12-24(13-16)21(25)20-18-6-2-3-7-19(18)22-23-20/h2-3,6-11,16H,4-5,12-14H2,1H3,(H,22,23)/t16-/m1/s1. The number of fused-ring (bicyclic) bond motifs is 1. The van der Waals surface area contributed by atoms with Crippen LogP contribution in [0.1, 0.15) is 28.9 Å². The molecule has 0 spiro atoms.